The van der Waals surface area contributed by atoms with Gasteiger partial charge in [-0.2, -0.15) is 0 Å². The molecular weight excluding hydrogens is 492 g/mol. The quantitative estimate of drug-likeness (QED) is 0.185. The van der Waals surface area contributed by atoms with Crippen molar-refractivity contribution in [1.82, 2.24) is 24.5 Å². The first kappa shape index (κ1) is 24.5. The first-order valence-corrected chi connectivity index (χ1v) is 16.7. The summed E-state index contributed by atoms with van der Waals surface area (Å²) in [7, 11) is -1.13. The number of benzene rings is 2. The lowest BCUT2D eigenvalue weighted by Crippen LogP contribution is -2.29. The molecule has 6 rings (SSSR count). The third-order valence-corrected chi connectivity index (χ3v) is 8.63. The van der Waals surface area contributed by atoms with Gasteiger partial charge in [-0.25, -0.2) is 19.9 Å². The number of imidazole rings is 1. The monoisotopic (exact) mass is 524 g/mol. The predicted molar refractivity (Wildman–Crippen MR) is 154 cm³/mol. The Bertz CT molecular complexity index is 1630. The van der Waals surface area contributed by atoms with Crippen molar-refractivity contribution in [2.24, 2.45) is 0 Å². The lowest BCUT2D eigenvalue weighted by molar-refractivity contribution is 0.0881. The molecule has 0 unspecified atom stereocenters. The van der Waals surface area contributed by atoms with Crippen LogP contribution >= 0.6 is 0 Å². The Balaban J connectivity index is 1.33. The zero-order valence-corrected chi connectivity index (χ0v) is 23.3. The SMILES string of the molecule is Cc1nc2cc(-c3ccc4ncnc(N5CCOc6ccccc65)c4c3)cnc2n1COCC[Si](C)(C)C. The maximum absolute atomic E-state index is 5.99. The van der Waals surface area contributed by atoms with E-state index in [1.54, 1.807) is 6.33 Å². The van der Waals surface area contributed by atoms with Gasteiger partial charge in [0.25, 0.3) is 0 Å². The summed E-state index contributed by atoms with van der Waals surface area (Å²) in [4.78, 5) is 21.0. The van der Waals surface area contributed by atoms with E-state index in [1.807, 2.05) is 42.0 Å². The zero-order valence-electron chi connectivity index (χ0n) is 22.3. The Morgan fingerprint density at radius 1 is 0.974 bits per heavy atom. The van der Waals surface area contributed by atoms with E-state index in [2.05, 4.69) is 53.8 Å². The Kier molecular flexibility index (Phi) is 6.33. The van der Waals surface area contributed by atoms with E-state index >= 15 is 0 Å². The smallest absolute Gasteiger partial charge is 0.161 e. The molecule has 8 nitrogen and oxygen atoms in total. The summed E-state index contributed by atoms with van der Waals surface area (Å²) in [6.45, 7) is 11.6. The van der Waals surface area contributed by atoms with Crippen LogP contribution in [0.15, 0.2) is 61.1 Å². The number of pyridine rings is 1. The average Bonchev–Trinajstić information content (AvgIpc) is 3.23. The number of hydrogen-bond donors (Lipinski definition) is 0. The molecular formula is C29H32N6O2Si. The minimum atomic E-state index is -1.13. The number of para-hydroxylation sites is 2. The Morgan fingerprint density at radius 3 is 2.71 bits per heavy atom. The molecule has 9 heteroatoms. The van der Waals surface area contributed by atoms with Crippen LogP contribution < -0.4 is 9.64 Å². The number of fused-ring (bicyclic) bond motifs is 3. The highest BCUT2D eigenvalue weighted by molar-refractivity contribution is 6.76. The third kappa shape index (κ3) is 4.75. The number of rotatable bonds is 7. The molecule has 0 spiro atoms. The highest BCUT2D eigenvalue weighted by Crippen LogP contribution is 2.38. The van der Waals surface area contributed by atoms with Crippen LogP contribution in [0.2, 0.25) is 25.7 Å². The minimum Gasteiger partial charge on any atom is -0.490 e. The fraction of sp³-hybridized carbons (Fsp3) is 0.310. The van der Waals surface area contributed by atoms with Crippen LogP contribution in [0, 0.1) is 6.92 Å². The van der Waals surface area contributed by atoms with Gasteiger partial charge < -0.3 is 14.4 Å². The molecule has 38 heavy (non-hydrogen) atoms. The summed E-state index contributed by atoms with van der Waals surface area (Å²) in [5, 5.41) is 0.985. The summed E-state index contributed by atoms with van der Waals surface area (Å²) in [6, 6.07) is 17.6. The molecule has 1 aliphatic rings. The molecule has 0 N–H and O–H groups in total. The topological polar surface area (TPSA) is 78.2 Å². The van der Waals surface area contributed by atoms with E-state index in [1.165, 1.54) is 0 Å². The molecule has 194 valence electrons. The minimum absolute atomic E-state index is 0.469. The van der Waals surface area contributed by atoms with Gasteiger partial charge in [0.15, 0.2) is 5.65 Å². The maximum atomic E-state index is 5.99. The second kappa shape index (κ2) is 9.81. The lowest BCUT2D eigenvalue weighted by Gasteiger charge is -2.30. The fourth-order valence-electron chi connectivity index (χ4n) is 4.80. The highest BCUT2D eigenvalue weighted by Gasteiger charge is 2.22. The number of nitrogens with zero attached hydrogens (tertiary/aromatic N) is 6. The van der Waals surface area contributed by atoms with Crippen molar-refractivity contribution in [3.8, 4) is 16.9 Å². The van der Waals surface area contributed by atoms with Gasteiger partial charge in [-0.15, -0.1) is 0 Å². The Hall–Kier alpha value is -3.82. The largest absolute Gasteiger partial charge is 0.490 e. The molecule has 2 aromatic carbocycles. The van der Waals surface area contributed by atoms with Crippen LogP contribution in [0.4, 0.5) is 11.5 Å². The number of ether oxygens (including phenoxy) is 2. The molecule has 1 aliphatic heterocycles. The van der Waals surface area contributed by atoms with Crippen molar-refractivity contribution < 1.29 is 9.47 Å². The van der Waals surface area contributed by atoms with Crippen molar-refractivity contribution in [2.45, 2.75) is 39.3 Å². The molecule has 0 saturated carbocycles. The van der Waals surface area contributed by atoms with E-state index in [0.717, 1.165) is 75.5 Å². The van der Waals surface area contributed by atoms with Crippen molar-refractivity contribution >= 4 is 41.6 Å². The summed E-state index contributed by atoms with van der Waals surface area (Å²) >= 11 is 0. The van der Waals surface area contributed by atoms with Crippen LogP contribution in [0.1, 0.15) is 5.82 Å². The van der Waals surface area contributed by atoms with E-state index in [-0.39, 0.29) is 0 Å². The van der Waals surface area contributed by atoms with Gasteiger partial charge in [0.2, 0.25) is 0 Å². The van der Waals surface area contributed by atoms with Crippen LogP contribution in [-0.4, -0.2) is 52.3 Å². The second-order valence-corrected chi connectivity index (χ2v) is 16.5. The van der Waals surface area contributed by atoms with E-state index in [4.69, 9.17) is 24.4 Å². The predicted octanol–water partition coefficient (Wildman–Crippen LogP) is 6.19. The molecule has 0 amide bonds. The summed E-state index contributed by atoms with van der Waals surface area (Å²) in [5.74, 6) is 2.64. The van der Waals surface area contributed by atoms with Crippen molar-refractivity contribution in [2.75, 3.05) is 24.7 Å². The zero-order chi connectivity index (χ0) is 26.3. The maximum Gasteiger partial charge on any atom is 0.161 e. The normalized spacial score (nSPS) is 13.6. The number of aromatic nitrogens is 5. The molecule has 0 fully saturated rings. The van der Waals surface area contributed by atoms with Gasteiger partial charge in [-0.1, -0.05) is 37.8 Å². The van der Waals surface area contributed by atoms with E-state index in [9.17, 15) is 0 Å². The van der Waals surface area contributed by atoms with Gasteiger partial charge in [0, 0.05) is 31.8 Å². The second-order valence-electron chi connectivity index (χ2n) is 10.9. The lowest BCUT2D eigenvalue weighted by atomic mass is 10.0. The summed E-state index contributed by atoms with van der Waals surface area (Å²) < 4.78 is 13.9. The van der Waals surface area contributed by atoms with Crippen molar-refractivity contribution in [1.29, 1.82) is 0 Å². The number of hydrogen-bond acceptors (Lipinski definition) is 7. The van der Waals surface area contributed by atoms with Gasteiger partial charge in [-0.3, -0.25) is 4.57 Å². The molecule has 3 aromatic heterocycles. The highest BCUT2D eigenvalue weighted by atomic mass is 28.3. The van der Waals surface area contributed by atoms with Crippen molar-refractivity contribution in [3.05, 3.63) is 66.9 Å². The van der Waals surface area contributed by atoms with Crippen LogP contribution in [-0.2, 0) is 11.5 Å². The van der Waals surface area contributed by atoms with Gasteiger partial charge in [0.1, 0.15) is 42.6 Å². The Labute approximate surface area is 223 Å². The number of anilines is 2. The molecule has 0 saturated heterocycles. The molecule has 0 aliphatic carbocycles. The average molecular weight is 525 g/mol. The third-order valence-electron chi connectivity index (χ3n) is 6.92. The fourth-order valence-corrected chi connectivity index (χ4v) is 5.55. The van der Waals surface area contributed by atoms with Gasteiger partial charge in [-0.05, 0) is 48.9 Å². The standard InChI is InChI=1S/C29H32N6O2Si/c1-20-33-25-16-22(17-30-29(25)35(20)19-36-13-14-38(2,3)4)21-9-10-24-23(15-21)28(32-18-31-24)34-11-12-37-27-8-6-5-7-26(27)34/h5-10,15-18H,11-14,19H2,1-4H3. The first-order valence-electron chi connectivity index (χ1n) is 13.0. The van der Waals surface area contributed by atoms with E-state index in [0.29, 0.717) is 13.3 Å². The van der Waals surface area contributed by atoms with Crippen molar-refractivity contribution in [3.63, 3.8) is 0 Å². The van der Waals surface area contributed by atoms with Gasteiger partial charge in [0.05, 0.1) is 17.7 Å². The Morgan fingerprint density at radius 2 is 1.84 bits per heavy atom. The molecule has 0 atom stereocenters. The molecule has 4 heterocycles. The molecule has 0 bridgehead atoms. The first-order chi connectivity index (χ1) is 18.4. The van der Waals surface area contributed by atoms with Crippen LogP contribution in [0.25, 0.3) is 33.2 Å². The number of aryl methyl sites for hydroxylation is 1. The van der Waals surface area contributed by atoms with Gasteiger partial charge >= 0.3 is 0 Å². The van der Waals surface area contributed by atoms with Crippen LogP contribution in [0.3, 0.4) is 0 Å². The summed E-state index contributed by atoms with van der Waals surface area (Å²) in [6.07, 6.45) is 3.54. The molecule has 5 aromatic rings. The van der Waals surface area contributed by atoms with E-state index < -0.39 is 8.07 Å². The van der Waals surface area contributed by atoms with Crippen LogP contribution in [0.5, 0.6) is 5.75 Å². The summed E-state index contributed by atoms with van der Waals surface area (Å²) in [5.41, 5.74) is 5.66. The molecule has 0 radical (unpaired) electrons.